The first-order valence-corrected chi connectivity index (χ1v) is 8.77. The second-order valence-electron chi connectivity index (χ2n) is 6.49. The Hall–Kier alpha value is -3.13. The van der Waals surface area contributed by atoms with Crippen molar-refractivity contribution in [3.05, 3.63) is 54.4 Å². The van der Waals surface area contributed by atoms with Crippen molar-refractivity contribution in [1.29, 1.82) is 0 Å². The lowest BCUT2D eigenvalue weighted by Crippen LogP contribution is -2.50. The standard InChI is InChI=1S/C19H19FN6O/c1-12-9-21-5-6-26(12)17-11-23-16(10-24-17)19(27)25-15-8-14(20)7-13-3-2-4-22-18(13)15/h2-4,7-8,10-12,21H,5-6,9H2,1H3,(H,25,27)/t12-/m0/s1. The van der Waals surface area contributed by atoms with Crippen molar-refractivity contribution in [2.75, 3.05) is 29.9 Å². The van der Waals surface area contributed by atoms with E-state index in [2.05, 4.69) is 37.4 Å². The summed E-state index contributed by atoms with van der Waals surface area (Å²) in [6.07, 6.45) is 4.63. The molecule has 27 heavy (non-hydrogen) atoms. The van der Waals surface area contributed by atoms with Crippen LogP contribution in [0.25, 0.3) is 10.9 Å². The second-order valence-corrected chi connectivity index (χ2v) is 6.49. The van der Waals surface area contributed by atoms with Gasteiger partial charge in [0.2, 0.25) is 0 Å². The van der Waals surface area contributed by atoms with Crippen molar-refractivity contribution < 1.29 is 9.18 Å². The molecule has 0 unspecified atom stereocenters. The van der Waals surface area contributed by atoms with Crippen LogP contribution in [0.1, 0.15) is 17.4 Å². The molecule has 7 nitrogen and oxygen atoms in total. The van der Waals surface area contributed by atoms with Crippen molar-refractivity contribution in [3.8, 4) is 0 Å². The smallest absolute Gasteiger partial charge is 0.275 e. The van der Waals surface area contributed by atoms with Crippen LogP contribution in [-0.2, 0) is 0 Å². The molecule has 3 aromatic rings. The maximum absolute atomic E-state index is 13.8. The van der Waals surface area contributed by atoms with Gasteiger partial charge < -0.3 is 15.5 Å². The van der Waals surface area contributed by atoms with Gasteiger partial charge in [-0.05, 0) is 25.1 Å². The Morgan fingerprint density at radius 3 is 2.96 bits per heavy atom. The fourth-order valence-electron chi connectivity index (χ4n) is 3.21. The number of nitrogens with zero attached hydrogens (tertiary/aromatic N) is 4. The number of hydrogen-bond donors (Lipinski definition) is 2. The zero-order valence-corrected chi connectivity index (χ0v) is 14.8. The molecule has 0 saturated carbocycles. The number of carbonyl (C=O) groups is 1. The molecule has 138 valence electrons. The molecule has 1 fully saturated rings. The number of piperazine rings is 1. The molecule has 1 aromatic carbocycles. The summed E-state index contributed by atoms with van der Waals surface area (Å²) in [6, 6.07) is 6.38. The fourth-order valence-corrected chi connectivity index (χ4v) is 3.21. The summed E-state index contributed by atoms with van der Waals surface area (Å²) in [4.78, 5) is 27.5. The Bertz CT molecular complexity index is 978. The summed E-state index contributed by atoms with van der Waals surface area (Å²) in [5.41, 5.74) is 0.985. The third-order valence-corrected chi connectivity index (χ3v) is 4.58. The summed E-state index contributed by atoms with van der Waals surface area (Å²) in [5.74, 6) is -0.168. The number of nitrogens with one attached hydrogen (secondary N) is 2. The average Bonchev–Trinajstić information content (AvgIpc) is 2.68. The minimum absolute atomic E-state index is 0.162. The average molecular weight is 366 g/mol. The van der Waals surface area contributed by atoms with Gasteiger partial charge in [0.05, 0.1) is 23.6 Å². The highest BCUT2D eigenvalue weighted by molar-refractivity contribution is 6.07. The summed E-state index contributed by atoms with van der Waals surface area (Å²) in [5, 5.41) is 6.61. The highest BCUT2D eigenvalue weighted by Gasteiger charge is 2.20. The van der Waals surface area contributed by atoms with Crippen LogP contribution in [0.2, 0.25) is 0 Å². The molecule has 4 rings (SSSR count). The molecule has 0 bridgehead atoms. The van der Waals surface area contributed by atoms with Crippen LogP contribution < -0.4 is 15.5 Å². The highest BCUT2D eigenvalue weighted by atomic mass is 19.1. The van der Waals surface area contributed by atoms with Crippen molar-refractivity contribution in [2.24, 2.45) is 0 Å². The monoisotopic (exact) mass is 366 g/mol. The van der Waals surface area contributed by atoms with Gasteiger partial charge >= 0.3 is 0 Å². The number of amides is 1. The topological polar surface area (TPSA) is 83.0 Å². The lowest BCUT2D eigenvalue weighted by atomic mass is 10.2. The van der Waals surface area contributed by atoms with Crippen LogP contribution in [-0.4, -0.2) is 46.5 Å². The highest BCUT2D eigenvalue weighted by Crippen LogP contribution is 2.23. The first-order valence-electron chi connectivity index (χ1n) is 8.77. The van der Waals surface area contributed by atoms with Crippen LogP contribution in [0.15, 0.2) is 42.9 Å². The quantitative estimate of drug-likeness (QED) is 0.740. The van der Waals surface area contributed by atoms with Gasteiger partial charge in [0.1, 0.15) is 17.3 Å². The Kier molecular flexibility index (Phi) is 4.64. The first kappa shape index (κ1) is 17.3. The molecule has 1 aliphatic heterocycles. The fraction of sp³-hybridized carbons (Fsp3) is 0.263. The minimum atomic E-state index is -0.458. The molecule has 0 aliphatic carbocycles. The van der Waals surface area contributed by atoms with E-state index in [-0.39, 0.29) is 5.69 Å². The third-order valence-electron chi connectivity index (χ3n) is 4.58. The van der Waals surface area contributed by atoms with Gasteiger partial charge in [0, 0.05) is 37.3 Å². The van der Waals surface area contributed by atoms with Crippen LogP contribution >= 0.6 is 0 Å². The van der Waals surface area contributed by atoms with Crippen molar-refractivity contribution in [2.45, 2.75) is 13.0 Å². The lowest BCUT2D eigenvalue weighted by molar-refractivity contribution is 0.102. The van der Waals surface area contributed by atoms with Gasteiger partial charge in [-0.2, -0.15) is 0 Å². The number of aromatic nitrogens is 3. The van der Waals surface area contributed by atoms with E-state index in [0.29, 0.717) is 22.6 Å². The molecular weight excluding hydrogens is 347 g/mol. The van der Waals surface area contributed by atoms with E-state index in [1.807, 2.05) is 0 Å². The largest absolute Gasteiger partial charge is 0.350 e. The van der Waals surface area contributed by atoms with E-state index >= 15 is 0 Å². The van der Waals surface area contributed by atoms with Gasteiger partial charge in [-0.15, -0.1) is 0 Å². The predicted molar refractivity (Wildman–Crippen MR) is 101 cm³/mol. The van der Waals surface area contributed by atoms with Gasteiger partial charge in [-0.3, -0.25) is 9.78 Å². The molecule has 0 radical (unpaired) electrons. The molecular formula is C19H19FN6O. The number of halogens is 1. The number of anilines is 2. The lowest BCUT2D eigenvalue weighted by Gasteiger charge is -2.34. The van der Waals surface area contributed by atoms with Crippen molar-refractivity contribution in [1.82, 2.24) is 20.3 Å². The maximum atomic E-state index is 13.8. The van der Waals surface area contributed by atoms with Gasteiger partial charge in [0.15, 0.2) is 0 Å². The molecule has 2 aromatic heterocycles. The number of carbonyl (C=O) groups excluding carboxylic acids is 1. The molecule has 1 aliphatic rings. The Balaban J connectivity index is 1.55. The molecule has 1 atom stereocenters. The minimum Gasteiger partial charge on any atom is -0.350 e. The zero-order valence-electron chi connectivity index (χ0n) is 14.8. The van der Waals surface area contributed by atoms with E-state index in [1.165, 1.54) is 18.3 Å². The molecule has 1 saturated heterocycles. The van der Waals surface area contributed by atoms with E-state index in [0.717, 1.165) is 25.5 Å². The molecule has 3 heterocycles. The molecule has 8 heteroatoms. The summed E-state index contributed by atoms with van der Waals surface area (Å²) < 4.78 is 13.8. The van der Waals surface area contributed by atoms with Crippen molar-refractivity contribution >= 4 is 28.3 Å². The molecule has 2 N–H and O–H groups in total. The van der Waals surface area contributed by atoms with Gasteiger partial charge in [-0.1, -0.05) is 6.07 Å². The number of rotatable bonds is 3. The van der Waals surface area contributed by atoms with Crippen LogP contribution in [0, 0.1) is 5.82 Å². The Morgan fingerprint density at radius 1 is 1.30 bits per heavy atom. The van der Waals surface area contributed by atoms with Gasteiger partial charge in [0.25, 0.3) is 5.91 Å². The van der Waals surface area contributed by atoms with Crippen LogP contribution in [0.4, 0.5) is 15.9 Å². The summed E-state index contributed by atoms with van der Waals surface area (Å²) in [6.45, 7) is 4.70. The maximum Gasteiger partial charge on any atom is 0.275 e. The SMILES string of the molecule is C[C@H]1CNCCN1c1cnc(C(=O)Nc2cc(F)cc3cccnc23)cn1. The van der Waals surface area contributed by atoms with E-state index in [1.54, 1.807) is 24.5 Å². The number of benzene rings is 1. The van der Waals surface area contributed by atoms with E-state index in [9.17, 15) is 9.18 Å². The number of hydrogen-bond acceptors (Lipinski definition) is 6. The molecule has 0 spiro atoms. The van der Waals surface area contributed by atoms with Gasteiger partial charge in [-0.25, -0.2) is 14.4 Å². The number of fused-ring (bicyclic) bond motifs is 1. The summed E-state index contributed by atoms with van der Waals surface area (Å²) >= 11 is 0. The Labute approximate surface area is 155 Å². The van der Waals surface area contributed by atoms with Crippen LogP contribution in [0.3, 0.4) is 0 Å². The third kappa shape index (κ3) is 3.56. The van der Waals surface area contributed by atoms with E-state index in [4.69, 9.17) is 0 Å². The number of pyridine rings is 1. The first-order chi connectivity index (χ1) is 13.1. The normalized spacial score (nSPS) is 17.1. The second kappa shape index (κ2) is 7.24. The zero-order chi connectivity index (χ0) is 18.8. The molecule has 1 amide bonds. The predicted octanol–water partition coefficient (Wildman–Crippen LogP) is 2.21. The Morgan fingerprint density at radius 2 is 2.19 bits per heavy atom. The van der Waals surface area contributed by atoms with E-state index < -0.39 is 11.7 Å². The summed E-state index contributed by atoms with van der Waals surface area (Å²) in [7, 11) is 0. The van der Waals surface area contributed by atoms with Crippen molar-refractivity contribution in [3.63, 3.8) is 0 Å². The van der Waals surface area contributed by atoms with Crippen LogP contribution in [0.5, 0.6) is 0 Å².